The van der Waals surface area contributed by atoms with E-state index in [1.807, 2.05) is 0 Å². The molecule has 98 valence electrons. The quantitative estimate of drug-likeness (QED) is 0.854. The second-order valence-corrected chi connectivity index (χ2v) is 4.64. The SMILES string of the molecule is CN(CC1CCCN1)C(=O)c1ccc(F)cc1O. The van der Waals surface area contributed by atoms with Crippen LogP contribution in [0.3, 0.4) is 0 Å². The van der Waals surface area contributed by atoms with Crippen molar-refractivity contribution in [2.24, 2.45) is 0 Å². The number of phenols is 1. The summed E-state index contributed by atoms with van der Waals surface area (Å²) in [5, 5.41) is 12.9. The van der Waals surface area contributed by atoms with E-state index >= 15 is 0 Å². The van der Waals surface area contributed by atoms with Crippen molar-refractivity contribution in [2.45, 2.75) is 18.9 Å². The summed E-state index contributed by atoms with van der Waals surface area (Å²) in [6, 6.07) is 3.75. The van der Waals surface area contributed by atoms with Crippen molar-refractivity contribution in [2.75, 3.05) is 20.1 Å². The third-order valence-corrected chi connectivity index (χ3v) is 3.19. The van der Waals surface area contributed by atoms with Gasteiger partial charge in [-0.1, -0.05) is 0 Å². The molecule has 2 N–H and O–H groups in total. The van der Waals surface area contributed by atoms with Crippen LogP contribution in [0.2, 0.25) is 0 Å². The molecule has 1 aliphatic rings. The van der Waals surface area contributed by atoms with Gasteiger partial charge in [0.05, 0.1) is 5.56 Å². The first-order valence-electron chi connectivity index (χ1n) is 6.05. The van der Waals surface area contributed by atoms with Gasteiger partial charge in [0.2, 0.25) is 0 Å². The molecular formula is C13H17FN2O2. The van der Waals surface area contributed by atoms with Crippen molar-refractivity contribution in [3.05, 3.63) is 29.6 Å². The van der Waals surface area contributed by atoms with Crippen LogP contribution in [0.1, 0.15) is 23.2 Å². The topological polar surface area (TPSA) is 52.6 Å². The van der Waals surface area contributed by atoms with Gasteiger partial charge in [0.15, 0.2) is 0 Å². The molecule has 1 aromatic rings. The zero-order valence-corrected chi connectivity index (χ0v) is 10.3. The number of aromatic hydroxyl groups is 1. The van der Waals surface area contributed by atoms with E-state index in [1.54, 1.807) is 11.9 Å². The number of amides is 1. The van der Waals surface area contributed by atoms with Crippen molar-refractivity contribution >= 4 is 5.91 Å². The van der Waals surface area contributed by atoms with Gasteiger partial charge in [0.25, 0.3) is 5.91 Å². The molecule has 1 atom stereocenters. The Hall–Kier alpha value is -1.62. The second kappa shape index (κ2) is 5.35. The Morgan fingerprint density at radius 1 is 1.61 bits per heavy atom. The average molecular weight is 252 g/mol. The summed E-state index contributed by atoms with van der Waals surface area (Å²) in [5.74, 6) is -1.16. The van der Waals surface area contributed by atoms with Crippen molar-refractivity contribution in [3.8, 4) is 5.75 Å². The van der Waals surface area contributed by atoms with Gasteiger partial charge in [0.1, 0.15) is 11.6 Å². The third-order valence-electron chi connectivity index (χ3n) is 3.19. The highest BCUT2D eigenvalue weighted by Gasteiger charge is 2.21. The van der Waals surface area contributed by atoms with E-state index in [9.17, 15) is 14.3 Å². The standard InChI is InChI=1S/C13H17FN2O2/c1-16(8-10-3-2-6-15-10)13(18)11-5-4-9(14)7-12(11)17/h4-5,7,10,15,17H,2-3,6,8H2,1H3. The molecule has 4 nitrogen and oxygen atoms in total. The van der Waals surface area contributed by atoms with E-state index in [1.165, 1.54) is 12.1 Å². The van der Waals surface area contributed by atoms with E-state index in [4.69, 9.17) is 0 Å². The van der Waals surface area contributed by atoms with Crippen molar-refractivity contribution in [3.63, 3.8) is 0 Å². The summed E-state index contributed by atoms with van der Waals surface area (Å²) in [5.41, 5.74) is 0.136. The van der Waals surface area contributed by atoms with Crippen LogP contribution in [0, 0.1) is 5.82 Å². The smallest absolute Gasteiger partial charge is 0.257 e. The highest BCUT2D eigenvalue weighted by atomic mass is 19.1. The lowest BCUT2D eigenvalue weighted by atomic mass is 10.1. The van der Waals surface area contributed by atoms with Gasteiger partial charge >= 0.3 is 0 Å². The van der Waals surface area contributed by atoms with Gasteiger partial charge < -0.3 is 15.3 Å². The van der Waals surface area contributed by atoms with Crippen LogP contribution in [-0.2, 0) is 0 Å². The summed E-state index contributed by atoms with van der Waals surface area (Å²) < 4.78 is 12.8. The largest absolute Gasteiger partial charge is 0.507 e. The Kier molecular flexibility index (Phi) is 3.81. The lowest BCUT2D eigenvalue weighted by Gasteiger charge is -2.21. The predicted octanol–water partition coefficient (Wildman–Crippen LogP) is 1.36. The maximum Gasteiger partial charge on any atom is 0.257 e. The molecule has 0 radical (unpaired) electrons. The second-order valence-electron chi connectivity index (χ2n) is 4.64. The Balaban J connectivity index is 2.05. The molecule has 1 fully saturated rings. The van der Waals surface area contributed by atoms with Crippen molar-refractivity contribution in [1.29, 1.82) is 0 Å². The number of rotatable bonds is 3. The summed E-state index contributed by atoms with van der Waals surface area (Å²) in [6.07, 6.45) is 2.17. The predicted molar refractivity (Wildman–Crippen MR) is 66.1 cm³/mol. The van der Waals surface area contributed by atoms with Crippen LogP contribution in [0.5, 0.6) is 5.75 Å². The molecule has 0 aliphatic carbocycles. The third kappa shape index (κ3) is 2.79. The van der Waals surface area contributed by atoms with E-state index in [0.717, 1.165) is 25.5 Å². The number of nitrogens with zero attached hydrogens (tertiary/aromatic N) is 1. The average Bonchev–Trinajstić information content (AvgIpc) is 2.81. The summed E-state index contributed by atoms with van der Waals surface area (Å²) >= 11 is 0. The minimum Gasteiger partial charge on any atom is -0.507 e. The minimum absolute atomic E-state index is 0.136. The summed E-state index contributed by atoms with van der Waals surface area (Å²) in [6.45, 7) is 1.57. The number of nitrogens with one attached hydrogen (secondary N) is 1. The molecule has 0 saturated carbocycles. The molecule has 0 aromatic heterocycles. The minimum atomic E-state index is -0.552. The molecule has 5 heteroatoms. The molecule has 1 saturated heterocycles. The molecular weight excluding hydrogens is 235 g/mol. The molecule has 0 spiro atoms. The van der Waals surface area contributed by atoms with E-state index in [-0.39, 0.29) is 17.2 Å². The van der Waals surface area contributed by atoms with Crippen LogP contribution in [0.4, 0.5) is 4.39 Å². The molecule has 1 aliphatic heterocycles. The van der Waals surface area contributed by atoms with Gasteiger partial charge in [-0.2, -0.15) is 0 Å². The first kappa shape index (κ1) is 12.8. The van der Waals surface area contributed by atoms with E-state index < -0.39 is 5.82 Å². The van der Waals surface area contributed by atoms with Crippen LogP contribution in [0.25, 0.3) is 0 Å². The van der Waals surface area contributed by atoms with Gasteiger partial charge in [-0.15, -0.1) is 0 Å². The number of benzene rings is 1. The highest BCUT2D eigenvalue weighted by Crippen LogP contribution is 2.20. The first-order chi connectivity index (χ1) is 8.58. The number of carbonyl (C=O) groups excluding carboxylic acids is 1. The molecule has 1 heterocycles. The maximum atomic E-state index is 12.8. The van der Waals surface area contributed by atoms with Crippen LogP contribution < -0.4 is 5.32 Å². The van der Waals surface area contributed by atoms with Crippen molar-refractivity contribution in [1.82, 2.24) is 10.2 Å². The first-order valence-corrected chi connectivity index (χ1v) is 6.05. The van der Waals surface area contributed by atoms with Crippen molar-refractivity contribution < 1.29 is 14.3 Å². The molecule has 1 amide bonds. The number of halogens is 1. The zero-order chi connectivity index (χ0) is 13.1. The monoisotopic (exact) mass is 252 g/mol. The summed E-state index contributed by atoms with van der Waals surface area (Å²) in [4.78, 5) is 13.6. The number of carbonyl (C=O) groups is 1. The molecule has 18 heavy (non-hydrogen) atoms. The Bertz CT molecular complexity index is 445. The lowest BCUT2D eigenvalue weighted by molar-refractivity contribution is 0.0780. The fraction of sp³-hybridized carbons (Fsp3) is 0.462. The maximum absolute atomic E-state index is 12.8. The lowest BCUT2D eigenvalue weighted by Crippen LogP contribution is -2.38. The zero-order valence-electron chi connectivity index (χ0n) is 10.3. The Labute approximate surface area is 105 Å². The van der Waals surface area contributed by atoms with Crippen LogP contribution in [0.15, 0.2) is 18.2 Å². The number of likely N-dealkylation sites (N-methyl/N-ethyl adjacent to an activating group) is 1. The van der Waals surface area contributed by atoms with Crippen LogP contribution in [-0.4, -0.2) is 42.1 Å². The van der Waals surface area contributed by atoms with Gasteiger partial charge in [-0.25, -0.2) is 4.39 Å². The fourth-order valence-electron chi connectivity index (χ4n) is 2.22. The van der Waals surface area contributed by atoms with Gasteiger partial charge in [-0.05, 0) is 31.5 Å². The van der Waals surface area contributed by atoms with Crippen LogP contribution >= 0.6 is 0 Å². The molecule has 1 unspecified atom stereocenters. The molecule has 1 aromatic carbocycles. The molecule has 0 bridgehead atoms. The fourth-order valence-corrected chi connectivity index (χ4v) is 2.22. The van der Waals surface area contributed by atoms with Gasteiger partial charge in [0, 0.05) is 25.7 Å². The van der Waals surface area contributed by atoms with E-state index in [2.05, 4.69) is 5.32 Å². The summed E-state index contributed by atoms with van der Waals surface area (Å²) in [7, 11) is 1.69. The number of phenolic OH excluding ortho intramolecular Hbond substituents is 1. The van der Waals surface area contributed by atoms with Gasteiger partial charge in [-0.3, -0.25) is 4.79 Å². The number of hydrogen-bond acceptors (Lipinski definition) is 3. The highest BCUT2D eigenvalue weighted by molar-refractivity contribution is 5.96. The number of hydrogen-bond donors (Lipinski definition) is 2. The molecule has 2 rings (SSSR count). The van der Waals surface area contributed by atoms with E-state index in [0.29, 0.717) is 12.6 Å². The normalized spacial score (nSPS) is 18.9. The Morgan fingerprint density at radius 2 is 2.39 bits per heavy atom. The Morgan fingerprint density at radius 3 is 3.00 bits per heavy atom.